The van der Waals surface area contributed by atoms with E-state index in [0.29, 0.717) is 0 Å². The fraction of sp³-hybridized carbons (Fsp3) is 1.00. The second-order valence-electron chi connectivity index (χ2n) is 2.28. The summed E-state index contributed by atoms with van der Waals surface area (Å²) in [6.45, 7) is -0.372. The standard InChI is InChI=1S/C4H4F6O2S/c1-2(13(11)12,3(5,6)7)4(8,9)10/h1H3,(H,11,12). The molecule has 80 valence electrons. The van der Waals surface area contributed by atoms with Gasteiger partial charge in [-0.15, -0.1) is 0 Å². The molecule has 2 nitrogen and oxygen atoms in total. The molecule has 0 amide bonds. The number of halogens is 6. The van der Waals surface area contributed by atoms with E-state index in [9.17, 15) is 30.6 Å². The van der Waals surface area contributed by atoms with Gasteiger partial charge in [-0.2, -0.15) is 26.3 Å². The summed E-state index contributed by atoms with van der Waals surface area (Å²) in [5.41, 5.74) is 0. The molecule has 0 saturated carbocycles. The number of rotatable bonds is 1. The lowest BCUT2D eigenvalue weighted by Crippen LogP contribution is -2.57. The van der Waals surface area contributed by atoms with Gasteiger partial charge in [0.25, 0.3) is 4.75 Å². The summed E-state index contributed by atoms with van der Waals surface area (Å²) in [6, 6.07) is 0. The first kappa shape index (κ1) is 12.7. The maximum absolute atomic E-state index is 11.8. The Balaban J connectivity index is 5.35. The van der Waals surface area contributed by atoms with E-state index in [1.54, 1.807) is 0 Å². The summed E-state index contributed by atoms with van der Waals surface area (Å²) in [7, 11) is 0. The number of hydrogen-bond acceptors (Lipinski definition) is 1. The zero-order chi connectivity index (χ0) is 11.1. The zero-order valence-electron chi connectivity index (χ0n) is 6.03. The van der Waals surface area contributed by atoms with Crippen LogP contribution in [-0.2, 0) is 11.1 Å². The largest absolute Gasteiger partial charge is 0.416 e. The Kier molecular flexibility index (Phi) is 3.05. The molecule has 0 spiro atoms. The van der Waals surface area contributed by atoms with Gasteiger partial charge in [-0.05, 0) is 6.92 Å². The Morgan fingerprint density at radius 1 is 1.00 bits per heavy atom. The monoisotopic (exact) mass is 230 g/mol. The molecule has 1 atom stereocenters. The molecule has 0 radical (unpaired) electrons. The lowest BCUT2D eigenvalue weighted by molar-refractivity contribution is -0.261. The minimum atomic E-state index is -5.81. The van der Waals surface area contributed by atoms with Gasteiger partial charge in [0.05, 0.1) is 0 Å². The van der Waals surface area contributed by atoms with E-state index in [1.807, 2.05) is 0 Å². The predicted octanol–water partition coefficient (Wildman–Crippen LogP) is 2.09. The lowest BCUT2D eigenvalue weighted by Gasteiger charge is -2.29. The van der Waals surface area contributed by atoms with Crippen molar-refractivity contribution in [2.45, 2.75) is 24.0 Å². The average Bonchev–Trinajstić information content (AvgIpc) is 1.80. The van der Waals surface area contributed by atoms with Crippen LogP contribution >= 0.6 is 0 Å². The fourth-order valence-corrected chi connectivity index (χ4v) is 0.755. The first-order valence-corrected chi connectivity index (χ1v) is 3.79. The molecule has 0 fully saturated rings. The van der Waals surface area contributed by atoms with Gasteiger partial charge in [-0.1, -0.05) is 0 Å². The van der Waals surface area contributed by atoms with Gasteiger partial charge in [0.1, 0.15) is 0 Å². The molecule has 0 aliphatic rings. The number of hydrogen-bond donors (Lipinski definition) is 1. The van der Waals surface area contributed by atoms with E-state index in [2.05, 4.69) is 0 Å². The van der Waals surface area contributed by atoms with Crippen LogP contribution in [0.3, 0.4) is 0 Å². The van der Waals surface area contributed by atoms with Crippen molar-refractivity contribution in [2.24, 2.45) is 0 Å². The summed E-state index contributed by atoms with van der Waals surface area (Å²) in [5.74, 6) is 0. The van der Waals surface area contributed by atoms with Crippen LogP contribution in [0.25, 0.3) is 0 Å². The molecule has 0 rings (SSSR count). The highest BCUT2D eigenvalue weighted by molar-refractivity contribution is 7.80. The molecule has 13 heavy (non-hydrogen) atoms. The second kappa shape index (κ2) is 3.12. The second-order valence-corrected chi connectivity index (χ2v) is 3.59. The highest BCUT2D eigenvalue weighted by atomic mass is 32.2. The molecular weight excluding hydrogens is 226 g/mol. The van der Waals surface area contributed by atoms with Crippen LogP contribution < -0.4 is 0 Å². The van der Waals surface area contributed by atoms with Crippen LogP contribution in [0.1, 0.15) is 6.92 Å². The predicted molar refractivity (Wildman–Crippen MR) is 31.3 cm³/mol. The third-order valence-corrected chi connectivity index (χ3v) is 2.59. The van der Waals surface area contributed by atoms with E-state index in [1.165, 1.54) is 0 Å². The Morgan fingerprint density at radius 3 is 1.23 bits per heavy atom. The average molecular weight is 230 g/mol. The molecule has 9 heteroatoms. The molecular formula is C4H4F6O2S. The Hall–Kier alpha value is -0.310. The Bertz CT molecular complexity index is 204. The van der Waals surface area contributed by atoms with Gasteiger partial charge < -0.3 is 4.55 Å². The van der Waals surface area contributed by atoms with E-state index in [0.717, 1.165) is 0 Å². The third kappa shape index (κ3) is 1.96. The van der Waals surface area contributed by atoms with Gasteiger partial charge >= 0.3 is 12.4 Å². The summed E-state index contributed by atoms with van der Waals surface area (Å²) < 4.78 is 84.0. The van der Waals surface area contributed by atoms with Crippen molar-refractivity contribution < 1.29 is 35.1 Å². The molecule has 0 aliphatic heterocycles. The minimum absolute atomic E-state index is 0.372. The van der Waals surface area contributed by atoms with Crippen molar-refractivity contribution in [3.8, 4) is 0 Å². The van der Waals surface area contributed by atoms with Crippen molar-refractivity contribution in [3.63, 3.8) is 0 Å². The van der Waals surface area contributed by atoms with E-state index < -0.39 is 28.2 Å². The number of alkyl halides is 6. The molecule has 0 aromatic carbocycles. The molecule has 0 saturated heterocycles. The Morgan fingerprint density at radius 2 is 1.23 bits per heavy atom. The summed E-state index contributed by atoms with van der Waals surface area (Å²) in [5, 5.41) is 0. The zero-order valence-corrected chi connectivity index (χ0v) is 6.85. The highest BCUT2D eigenvalue weighted by Crippen LogP contribution is 2.46. The van der Waals surface area contributed by atoms with E-state index >= 15 is 0 Å². The van der Waals surface area contributed by atoms with Gasteiger partial charge in [0.15, 0.2) is 11.1 Å². The lowest BCUT2D eigenvalue weighted by atomic mass is 10.1. The maximum atomic E-state index is 11.8. The molecule has 0 aliphatic carbocycles. The van der Waals surface area contributed by atoms with Crippen molar-refractivity contribution in [3.05, 3.63) is 0 Å². The molecule has 0 heterocycles. The summed E-state index contributed by atoms with van der Waals surface area (Å²) in [6.07, 6.45) is -11.6. The Labute approximate surface area is 71.2 Å². The smallest absolute Gasteiger partial charge is 0.305 e. The third-order valence-electron chi connectivity index (χ3n) is 1.43. The fourth-order valence-electron chi connectivity index (χ4n) is 0.359. The topological polar surface area (TPSA) is 37.3 Å². The van der Waals surface area contributed by atoms with E-state index in [4.69, 9.17) is 4.55 Å². The summed E-state index contributed by atoms with van der Waals surface area (Å²) in [4.78, 5) is 0. The van der Waals surface area contributed by atoms with Crippen molar-refractivity contribution in [1.29, 1.82) is 0 Å². The molecule has 1 unspecified atom stereocenters. The SMILES string of the molecule is CC(S(=O)O)(C(F)(F)F)C(F)(F)F. The molecule has 0 aromatic heterocycles. The van der Waals surface area contributed by atoms with Gasteiger partial charge in [-0.25, -0.2) is 4.21 Å². The summed E-state index contributed by atoms with van der Waals surface area (Å²) >= 11 is -4.06. The normalized spacial score (nSPS) is 17.2. The van der Waals surface area contributed by atoms with Crippen LogP contribution in [0.4, 0.5) is 26.3 Å². The van der Waals surface area contributed by atoms with E-state index in [-0.39, 0.29) is 6.92 Å². The highest BCUT2D eigenvalue weighted by Gasteiger charge is 2.72. The quantitative estimate of drug-likeness (QED) is 0.553. The first-order valence-electron chi connectivity index (χ1n) is 2.69. The van der Waals surface area contributed by atoms with Crippen LogP contribution in [0.5, 0.6) is 0 Å². The van der Waals surface area contributed by atoms with Gasteiger partial charge in [0.2, 0.25) is 0 Å². The van der Waals surface area contributed by atoms with Gasteiger partial charge in [-0.3, -0.25) is 0 Å². The molecule has 0 aromatic rings. The van der Waals surface area contributed by atoms with Crippen LogP contribution in [0, 0.1) is 0 Å². The first-order chi connectivity index (χ1) is 5.44. The maximum Gasteiger partial charge on any atom is 0.416 e. The van der Waals surface area contributed by atoms with Crippen molar-refractivity contribution in [2.75, 3.05) is 0 Å². The van der Waals surface area contributed by atoms with Crippen molar-refractivity contribution in [1.82, 2.24) is 0 Å². The van der Waals surface area contributed by atoms with Crippen LogP contribution in [0.2, 0.25) is 0 Å². The molecule has 1 N–H and O–H groups in total. The van der Waals surface area contributed by atoms with Crippen LogP contribution in [-0.4, -0.2) is 25.9 Å². The molecule has 0 bridgehead atoms. The van der Waals surface area contributed by atoms with Crippen molar-refractivity contribution >= 4 is 11.1 Å². The minimum Gasteiger partial charge on any atom is -0.305 e. The van der Waals surface area contributed by atoms with Gasteiger partial charge in [0, 0.05) is 0 Å². The van der Waals surface area contributed by atoms with Crippen LogP contribution in [0.15, 0.2) is 0 Å².